The van der Waals surface area contributed by atoms with E-state index in [-0.39, 0.29) is 6.61 Å². The second-order valence-corrected chi connectivity index (χ2v) is 4.71. The Bertz CT molecular complexity index is 377. The molecule has 0 saturated carbocycles. The Kier molecular flexibility index (Phi) is 4.75. The van der Waals surface area contributed by atoms with Crippen LogP contribution in [0.4, 0.5) is 11.6 Å². The van der Waals surface area contributed by atoms with Gasteiger partial charge in [-0.05, 0) is 32.6 Å². The van der Waals surface area contributed by atoms with Crippen molar-refractivity contribution >= 4 is 11.6 Å². The maximum Gasteiger partial charge on any atom is 0.134 e. The number of aromatic nitrogens is 2. The van der Waals surface area contributed by atoms with E-state index in [1.807, 2.05) is 13.0 Å². The zero-order valence-electron chi connectivity index (χ0n) is 11.0. The van der Waals surface area contributed by atoms with Gasteiger partial charge in [-0.3, -0.25) is 0 Å². The quantitative estimate of drug-likeness (QED) is 0.777. The fourth-order valence-electron chi connectivity index (χ4n) is 2.22. The Morgan fingerprint density at radius 1 is 1.28 bits per heavy atom. The number of hydrogen-bond donors (Lipinski definition) is 2. The van der Waals surface area contributed by atoms with E-state index < -0.39 is 0 Å². The minimum absolute atomic E-state index is 0.204. The van der Waals surface area contributed by atoms with Gasteiger partial charge in [-0.25, -0.2) is 9.97 Å². The molecule has 1 saturated heterocycles. The highest BCUT2D eigenvalue weighted by molar-refractivity contribution is 5.49. The number of anilines is 2. The summed E-state index contributed by atoms with van der Waals surface area (Å²) in [5, 5.41) is 12.0. The predicted octanol–water partition coefficient (Wildman–Crippen LogP) is 1.57. The van der Waals surface area contributed by atoms with Gasteiger partial charge in [0.15, 0.2) is 0 Å². The molecule has 0 radical (unpaired) electrons. The molecule has 2 rings (SSSR count). The molecule has 0 unspecified atom stereocenters. The van der Waals surface area contributed by atoms with Gasteiger partial charge in [0.2, 0.25) is 0 Å². The molecule has 18 heavy (non-hydrogen) atoms. The number of hydrogen-bond acceptors (Lipinski definition) is 5. The average molecular weight is 250 g/mol. The van der Waals surface area contributed by atoms with Crippen LogP contribution in [0.5, 0.6) is 0 Å². The Morgan fingerprint density at radius 3 is 2.78 bits per heavy atom. The van der Waals surface area contributed by atoms with Gasteiger partial charge in [0.1, 0.15) is 17.5 Å². The van der Waals surface area contributed by atoms with Crippen LogP contribution in [0.3, 0.4) is 0 Å². The van der Waals surface area contributed by atoms with Gasteiger partial charge < -0.3 is 15.3 Å². The maximum absolute atomic E-state index is 8.78. The summed E-state index contributed by atoms with van der Waals surface area (Å²) >= 11 is 0. The van der Waals surface area contributed by atoms with Crippen LogP contribution < -0.4 is 10.2 Å². The molecule has 2 N–H and O–H groups in total. The lowest BCUT2D eigenvalue weighted by Crippen LogP contribution is -2.30. The van der Waals surface area contributed by atoms with Crippen LogP contribution in [0, 0.1) is 6.92 Å². The number of rotatable bonds is 5. The summed E-state index contributed by atoms with van der Waals surface area (Å²) in [5.74, 6) is 2.68. The van der Waals surface area contributed by atoms with Crippen LogP contribution in [0.25, 0.3) is 0 Å². The average Bonchev–Trinajstić information content (AvgIpc) is 2.39. The minimum Gasteiger partial charge on any atom is -0.396 e. The molecule has 0 amide bonds. The van der Waals surface area contributed by atoms with Crippen LogP contribution in [0.2, 0.25) is 0 Å². The van der Waals surface area contributed by atoms with Gasteiger partial charge >= 0.3 is 0 Å². The van der Waals surface area contributed by atoms with Crippen molar-refractivity contribution in [3.05, 3.63) is 11.9 Å². The largest absolute Gasteiger partial charge is 0.396 e. The highest BCUT2D eigenvalue weighted by Gasteiger charge is 2.13. The second-order valence-electron chi connectivity index (χ2n) is 4.71. The molecule has 1 aromatic rings. The van der Waals surface area contributed by atoms with Crippen LogP contribution in [0.1, 0.15) is 31.5 Å². The van der Waals surface area contributed by atoms with E-state index in [2.05, 4.69) is 20.2 Å². The standard InChI is InChI=1S/C13H22N4O/c1-11-15-12(14-6-5-9-18)10-13(16-11)17-7-3-2-4-8-17/h10,18H,2-9H2,1H3,(H,14,15,16). The zero-order valence-corrected chi connectivity index (χ0v) is 11.0. The van der Waals surface area contributed by atoms with Crippen molar-refractivity contribution in [1.82, 2.24) is 9.97 Å². The van der Waals surface area contributed by atoms with Crippen molar-refractivity contribution in [1.29, 1.82) is 0 Å². The maximum atomic E-state index is 8.78. The third-order valence-electron chi connectivity index (χ3n) is 3.15. The summed E-state index contributed by atoms with van der Waals surface area (Å²) in [4.78, 5) is 11.2. The first-order valence-corrected chi connectivity index (χ1v) is 6.75. The van der Waals surface area contributed by atoms with Gasteiger partial charge in [-0.1, -0.05) is 0 Å². The molecule has 0 bridgehead atoms. The Labute approximate surface area is 108 Å². The number of nitrogens with zero attached hydrogens (tertiary/aromatic N) is 3. The van der Waals surface area contributed by atoms with Crippen molar-refractivity contribution in [2.24, 2.45) is 0 Å². The number of aliphatic hydroxyl groups excluding tert-OH is 1. The lowest BCUT2D eigenvalue weighted by molar-refractivity contribution is 0.292. The van der Waals surface area contributed by atoms with Gasteiger partial charge in [0.25, 0.3) is 0 Å². The molecule has 1 aliphatic rings. The number of aryl methyl sites for hydroxylation is 1. The molecule has 1 aliphatic heterocycles. The Hall–Kier alpha value is -1.36. The topological polar surface area (TPSA) is 61.3 Å². The highest BCUT2D eigenvalue weighted by atomic mass is 16.3. The first-order valence-electron chi connectivity index (χ1n) is 6.75. The summed E-state index contributed by atoms with van der Waals surface area (Å²) < 4.78 is 0. The fraction of sp³-hybridized carbons (Fsp3) is 0.692. The van der Waals surface area contributed by atoms with E-state index in [1.54, 1.807) is 0 Å². The smallest absolute Gasteiger partial charge is 0.134 e. The Balaban J connectivity index is 2.05. The SMILES string of the molecule is Cc1nc(NCCCO)cc(N2CCCCC2)n1. The lowest BCUT2D eigenvalue weighted by atomic mass is 10.1. The second kappa shape index (κ2) is 6.54. The van der Waals surface area contributed by atoms with E-state index in [0.717, 1.165) is 43.5 Å². The van der Waals surface area contributed by atoms with Gasteiger partial charge in [-0.2, -0.15) is 0 Å². The predicted molar refractivity (Wildman–Crippen MR) is 73.0 cm³/mol. The van der Waals surface area contributed by atoms with Crippen molar-refractivity contribution < 1.29 is 5.11 Å². The summed E-state index contributed by atoms with van der Waals surface area (Å²) in [5.41, 5.74) is 0. The molecule has 100 valence electrons. The van der Waals surface area contributed by atoms with Crippen LogP contribution in [0.15, 0.2) is 6.07 Å². The summed E-state index contributed by atoms with van der Waals surface area (Å²) in [6, 6.07) is 2.01. The van der Waals surface area contributed by atoms with E-state index >= 15 is 0 Å². The molecular weight excluding hydrogens is 228 g/mol. The lowest BCUT2D eigenvalue weighted by Gasteiger charge is -2.28. The molecule has 0 aromatic carbocycles. The third-order valence-corrected chi connectivity index (χ3v) is 3.15. The number of nitrogens with one attached hydrogen (secondary N) is 1. The molecule has 5 nitrogen and oxygen atoms in total. The monoisotopic (exact) mass is 250 g/mol. The van der Waals surface area contributed by atoms with Crippen LogP contribution in [-0.2, 0) is 0 Å². The first kappa shape index (κ1) is 13.1. The number of piperidine rings is 1. The third kappa shape index (κ3) is 3.57. The zero-order chi connectivity index (χ0) is 12.8. The van der Waals surface area contributed by atoms with E-state index in [1.165, 1.54) is 19.3 Å². The normalized spacial score (nSPS) is 15.8. The van der Waals surface area contributed by atoms with Crippen LogP contribution >= 0.6 is 0 Å². The van der Waals surface area contributed by atoms with Crippen LogP contribution in [-0.4, -0.2) is 41.3 Å². The molecule has 1 aromatic heterocycles. The van der Waals surface area contributed by atoms with Crippen molar-refractivity contribution in [3.63, 3.8) is 0 Å². The molecule has 1 fully saturated rings. The highest BCUT2D eigenvalue weighted by Crippen LogP contribution is 2.20. The van der Waals surface area contributed by atoms with Crippen molar-refractivity contribution in [3.8, 4) is 0 Å². The summed E-state index contributed by atoms with van der Waals surface area (Å²) in [6.07, 6.45) is 4.55. The molecule has 5 heteroatoms. The van der Waals surface area contributed by atoms with E-state index in [4.69, 9.17) is 5.11 Å². The number of aliphatic hydroxyl groups is 1. The first-order chi connectivity index (χ1) is 8.79. The molecule has 0 atom stereocenters. The van der Waals surface area contributed by atoms with Gasteiger partial charge in [0.05, 0.1) is 0 Å². The Morgan fingerprint density at radius 2 is 2.06 bits per heavy atom. The van der Waals surface area contributed by atoms with E-state index in [9.17, 15) is 0 Å². The minimum atomic E-state index is 0.204. The van der Waals surface area contributed by atoms with Crippen molar-refractivity contribution in [2.45, 2.75) is 32.6 Å². The molecule has 2 heterocycles. The summed E-state index contributed by atoms with van der Waals surface area (Å²) in [6.45, 7) is 5.05. The van der Waals surface area contributed by atoms with E-state index in [0.29, 0.717) is 0 Å². The molecule has 0 spiro atoms. The summed E-state index contributed by atoms with van der Waals surface area (Å²) in [7, 11) is 0. The van der Waals surface area contributed by atoms with Gasteiger partial charge in [0, 0.05) is 32.3 Å². The molecular formula is C13H22N4O. The van der Waals surface area contributed by atoms with Gasteiger partial charge in [-0.15, -0.1) is 0 Å². The fourth-order valence-corrected chi connectivity index (χ4v) is 2.22. The molecule has 0 aliphatic carbocycles. The van der Waals surface area contributed by atoms with Crippen molar-refractivity contribution in [2.75, 3.05) is 36.5 Å².